The third-order valence-electron chi connectivity index (χ3n) is 4.49. The Morgan fingerprint density at radius 2 is 1.77 bits per heavy atom. The maximum absolute atomic E-state index is 12.5. The van der Waals surface area contributed by atoms with E-state index >= 15 is 0 Å². The van der Waals surface area contributed by atoms with Crippen LogP contribution in [0.5, 0.6) is 0 Å². The summed E-state index contributed by atoms with van der Waals surface area (Å²) in [5, 5.41) is 8.61. The van der Waals surface area contributed by atoms with Crippen LogP contribution in [0.4, 0.5) is 11.4 Å². The van der Waals surface area contributed by atoms with Crippen LogP contribution in [0.2, 0.25) is 5.02 Å². The zero-order valence-electron chi connectivity index (χ0n) is 14.1. The first-order valence-electron chi connectivity index (χ1n) is 8.27. The number of nitrogens with one attached hydrogen (secondary N) is 1. The smallest absolute Gasteiger partial charge is 0.238 e. The third kappa shape index (κ3) is 4.55. The van der Waals surface area contributed by atoms with Crippen molar-refractivity contribution in [1.29, 1.82) is 0 Å². The highest BCUT2D eigenvalue weighted by Crippen LogP contribution is 2.26. The average Bonchev–Trinajstić information content (AvgIpc) is 2.61. The van der Waals surface area contributed by atoms with E-state index in [-0.39, 0.29) is 16.7 Å². The van der Waals surface area contributed by atoms with E-state index in [2.05, 4.69) is 10.2 Å². The molecule has 0 bridgehead atoms. The summed E-state index contributed by atoms with van der Waals surface area (Å²) in [6, 6.07) is 13.5. The fourth-order valence-electron chi connectivity index (χ4n) is 3.04. The lowest BCUT2D eigenvalue weighted by molar-refractivity contribution is -0.120. The lowest BCUT2D eigenvalue weighted by Crippen LogP contribution is -2.38. The molecule has 0 aliphatic carbocycles. The molecule has 0 atom stereocenters. The molecule has 1 amide bonds. The summed E-state index contributed by atoms with van der Waals surface area (Å²) in [4.78, 5) is 14.7. The molecule has 1 saturated heterocycles. The molecule has 26 heavy (non-hydrogen) atoms. The van der Waals surface area contributed by atoms with Gasteiger partial charge < -0.3 is 10.2 Å². The number of sulfonamides is 1. The molecule has 6 nitrogen and oxygen atoms in total. The van der Waals surface area contributed by atoms with Gasteiger partial charge in [0.1, 0.15) is 0 Å². The zero-order valence-corrected chi connectivity index (χ0v) is 15.6. The van der Waals surface area contributed by atoms with Gasteiger partial charge in [-0.1, -0.05) is 17.7 Å². The number of hydrogen-bond donors (Lipinski definition) is 2. The number of nitrogens with two attached hydrogens (primary N) is 1. The van der Waals surface area contributed by atoms with Crippen molar-refractivity contribution in [2.75, 3.05) is 23.3 Å². The van der Waals surface area contributed by atoms with E-state index in [4.69, 9.17) is 16.7 Å². The number of anilines is 2. The lowest BCUT2D eigenvalue weighted by atomic mass is 9.95. The van der Waals surface area contributed by atoms with Gasteiger partial charge in [0, 0.05) is 35.4 Å². The number of hydrogen-bond acceptors (Lipinski definition) is 4. The molecule has 3 rings (SSSR count). The second-order valence-electron chi connectivity index (χ2n) is 6.30. The highest BCUT2D eigenvalue weighted by atomic mass is 35.5. The summed E-state index contributed by atoms with van der Waals surface area (Å²) in [5.74, 6) is -0.137. The largest absolute Gasteiger partial charge is 0.371 e. The van der Waals surface area contributed by atoms with Gasteiger partial charge in [-0.2, -0.15) is 0 Å². The average molecular weight is 394 g/mol. The lowest BCUT2D eigenvalue weighted by Gasteiger charge is -2.33. The van der Waals surface area contributed by atoms with Crippen molar-refractivity contribution >= 4 is 38.9 Å². The van der Waals surface area contributed by atoms with E-state index in [1.54, 1.807) is 12.1 Å². The molecule has 1 aliphatic heterocycles. The van der Waals surface area contributed by atoms with Gasteiger partial charge in [0.25, 0.3) is 0 Å². The SMILES string of the molecule is NS(=O)(=O)c1ccc(NC(=O)C2CCN(c3cccc(Cl)c3)CC2)cc1. The van der Waals surface area contributed by atoms with Crippen LogP contribution in [0.3, 0.4) is 0 Å². The standard InChI is InChI=1S/C18H20ClN3O3S/c19-14-2-1-3-16(12-14)22-10-8-13(9-11-22)18(23)21-15-4-6-17(7-5-15)26(20,24)25/h1-7,12-13H,8-11H2,(H,21,23)(H2,20,24,25). The Kier molecular flexibility index (Phi) is 5.50. The predicted octanol–water partition coefficient (Wildman–Crippen LogP) is 2.84. The molecule has 3 N–H and O–H groups in total. The van der Waals surface area contributed by atoms with Gasteiger partial charge in [0.05, 0.1) is 4.90 Å². The quantitative estimate of drug-likeness (QED) is 0.835. The van der Waals surface area contributed by atoms with Gasteiger partial charge in [-0.05, 0) is 55.3 Å². The van der Waals surface area contributed by atoms with Crippen molar-refractivity contribution in [2.45, 2.75) is 17.7 Å². The number of carbonyl (C=O) groups excluding carboxylic acids is 1. The van der Waals surface area contributed by atoms with Crippen LogP contribution >= 0.6 is 11.6 Å². The number of amides is 1. The van der Waals surface area contributed by atoms with Crippen LogP contribution in [0.25, 0.3) is 0 Å². The molecule has 0 radical (unpaired) electrons. The van der Waals surface area contributed by atoms with E-state index in [1.807, 2.05) is 24.3 Å². The maximum Gasteiger partial charge on any atom is 0.238 e. The second-order valence-corrected chi connectivity index (χ2v) is 8.30. The van der Waals surface area contributed by atoms with Gasteiger partial charge in [-0.25, -0.2) is 13.6 Å². The summed E-state index contributed by atoms with van der Waals surface area (Å²) < 4.78 is 22.5. The van der Waals surface area contributed by atoms with Crippen LogP contribution in [-0.2, 0) is 14.8 Å². The molecular weight excluding hydrogens is 374 g/mol. The Morgan fingerprint density at radius 1 is 1.12 bits per heavy atom. The third-order valence-corrected chi connectivity index (χ3v) is 5.65. The minimum Gasteiger partial charge on any atom is -0.371 e. The molecule has 0 saturated carbocycles. The van der Waals surface area contributed by atoms with Crippen LogP contribution in [0.15, 0.2) is 53.4 Å². The van der Waals surface area contributed by atoms with E-state index in [0.29, 0.717) is 10.7 Å². The molecular formula is C18H20ClN3O3S. The number of piperidine rings is 1. The summed E-state index contributed by atoms with van der Waals surface area (Å²) >= 11 is 6.04. The predicted molar refractivity (Wildman–Crippen MR) is 103 cm³/mol. The van der Waals surface area contributed by atoms with Gasteiger partial charge in [0.2, 0.25) is 15.9 Å². The number of rotatable bonds is 4. The van der Waals surface area contributed by atoms with E-state index in [0.717, 1.165) is 31.6 Å². The summed E-state index contributed by atoms with van der Waals surface area (Å²) in [6.07, 6.45) is 1.49. The van der Waals surface area contributed by atoms with Crippen molar-refractivity contribution in [2.24, 2.45) is 11.1 Å². The number of carbonyl (C=O) groups is 1. The van der Waals surface area contributed by atoms with Crippen LogP contribution in [-0.4, -0.2) is 27.4 Å². The van der Waals surface area contributed by atoms with Crippen LogP contribution < -0.4 is 15.4 Å². The highest BCUT2D eigenvalue weighted by Gasteiger charge is 2.25. The number of primary sulfonamides is 1. The van der Waals surface area contributed by atoms with Crippen LogP contribution in [0, 0.1) is 5.92 Å². The summed E-state index contributed by atoms with van der Waals surface area (Å²) in [6.45, 7) is 1.56. The molecule has 0 spiro atoms. The number of halogens is 1. The molecule has 2 aromatic carbocycles. The number of nitrogens with zero attached hydrogens (tertiary/aromatic N) is 1. The Hall–Kier alpha value is -2.09. The molecule has 1 heterocycles. The van der Waals surface area contributed by atoms with Gasteiger partial charge in [-0.15, -0.1) is 0 Å². The zero-order chi connectivity index (χ0) is 18.7. The Balaban J connectivity index is 1.57. The fourth-order valence-corrected chi connectivity index (χ4v) is 3.74. The highest BCUT2D eigenvalue weighted by molar-refractivity contribution is 7.89. The minimum absolute atomic E-state index is 0.0188. The second kappa shape index (κ2) is 7.65. The van der Waals surface area contributed by atoms with Crippen molar-refractivity contribution in [3.63, 3.8) is 0 Å². The van der Waals surface area contributed by atoms with Gasteiger partial charge in [-0.3, -0.25) is 4.79 Å². The maximum atomic E-state index is 12.5. The van der Waals surface area contributed by atoms with Gasteiger partial charge >= 0.3 is 0 Å². The first kappa shape index (κ1) is 18.7. The van der Waals surface area contributed by atoms with Crippen molar-refractivity contribution in [3.05, 3.63) is 53.6 Å². The number of benzene rings is 2. The van der Waals surface area contributed by atoms with Crippen LogP contribution in [0.1, 0.15) is 12.8 Å². The summed E-state index contributed by atoms with van der Waals surface area (Å²) in [7, 11) is -3.73. The Labute approximate surface area is 158 Å². The molecule has 8 heteroatoms. The molecule has 1 aliphatic rings. The first-order valence-corrected chi connectivity index (χ1v) is 10.2. The summed E-state index contributed by atoms with van der Waals surface area (Å²) in [5.41, 5.74) is 1.62. The van der Waals surface area contributed by atoms with Gasteiger partial charge in [0.15, 0.2) is 0 Å². The van der Waals surface area contributed by atoms with E-state index in [1.165, 1.54) is 12.1 Å². The Morgan fingerprint density at radius 3 is 2.35 bits per heavy atom. The molecule has 0 aromatic heterocycles. The van der Waals surface area contributed by atoms with Crippen molar-refractivity contribution in [3.8, 4) is 0 Å². The minimum atomic E-state index is -3.73. The van der Waals surface area contributed by atoms with E-state index in [9.17, 15) is 13.2 Å². The topological polar surface area (TPSA) is 92.5 Å². The Bertz CT molecular complexity index is 892. The molecule has 2 aromatic rings. The van der Waals surface area contributed by atoms with Crippen molar-refractivity contribution in [1.82, 2.24) is 0 Å². The molecule has 0 unspecified atom stereocenters. The molecule has 138 valence electrons. The normalized spacial score (nSPS) is 15.7. The monoisotopic (exact) mass is 393 g/mol. The van der Waals surface area contributed by atoms with E-state index < -0.39 is 10.0 Å². The molecule has 1 fully saturated rings. The van der Waals surface area contributed by atoms with Crippen molar-refractivity contribution < 1.29 is 13.2 Å². The first-order chi connectivity index (χ1) is 12.3. The fraction of sp³-hybridized carbons (Fsp3) is 0.278.